The van der Waals surface area contributed by atoms with Crippen LogP contribution in [0.15, 0.2) is 16.6 Å². The second kappa shape index (κ2) is 7.42. The SMILES string of the molecule is CCc1ccsc1C(=O)NC1CCN(C/C(N)=N/O)CC1. The Morgan fingerprint density at radius 2 is 2.29 bits per heavy atom. The maximum Gasteiger partial charge on any atom is 0.261 e. The third-order valence-corrected chi connectivity index (χ3v) is 4.73. The third kappa shape index (κ3) is 4.18. The second-order valence-corrected chi connectivity index (χ2v) is 6.16. The van der Waals surface area contributed by atoms with Gasteiger partial charge in [-0.25, -0.2) is 0 Å². The van der Waals surface area contributed by atoms with Crippen molar-refractivity contribution in [2.24, 2.45) is 10.9 Å². The molecule has 4 N–H and O–H groups in total. The van der Waals surface area contributed by atoms with Crippen molar-refractivity contribution in [2.45, 2.75) is 32.2 Å². The number of amides is 1. The lowest BCUT2D eigenvalue weighted by Crippen LogP contribution is -2.46. The van der Waals surface area contributed by atoms with Crippen molar-refractivity contribution in [3.05, 3.63) is 21.9 Å². The van der Waals surface area contributed by atoms with E-state index >= 15 is 0 Å². The predicted octanol–water partition coefficient (Wildman–Crippen LogP) is 1.25. The molecule has 0 aromatic carbocycles. The number of nitrogens with two attached hydrogens (primary N) is 1. The fraction of sp³-hybridized carbons (Fsp3) is 0.571. The predicted molar refractivity (Wildman–Crippen MR) is 84.0 cm³/mol. The van der Waals surface area contributed by atoms with Crippen LogP contribution in [-0.2, 0) is 6.42 Å². The molecule has 0 spiro atoms. The first-order chi connectivity index (χ1) is 10.1. The van der Waals surface area contributed by atoms with Gasteiger partial charge in [-0.2, -0.15) is 0 Å². The lowest BCUT2D eigenvalue weighted by Gasteiger charge is -2.31. The molecular weight excluding hydrogens is 288 g/mol. The zero-order valence-electron chi connectivity index (χ0n) is 12.2. The number of hydrogen-bond donors (Lipinski definition) is 3. The van der Waals surface area contributed by atoms with Crippen LogP contribution in [0.3, 0.4) is 0 Å². The van der Waals surface area contributed by atoms with Crippen LogP contribution in [0.5, 0.6) is 0 Å². The highest BCUT2D eigenvalue weighted by Crippen LogP contribution is 2.18. The van der Waals surface area contributed by atoms with Gasteiger partial charge in [-0.3, -0.25) is 9.69 Å². The zero-order valence-corrected chi connectivity index (χ0v) is 13.0. The summed E-state index contributed by atoms with van der Waals surface area (Å²) in [4.78, 5) is 15.2. The van der Waals surface area contributed by atoms with E-state index in [2.05, 4.69) is 22.3 Å². The molecule has 0 atom stereocenters. The van der Waals surface area contributed by atoms with E-state index in [1.54, 1.807) is 0 Å². The van der Waals surface area contributed by atoms with Gasteiger partial charge in [0.1, 0.15) is 0 Å². The van der Waals surface area contributed by atoms with E-state index in [-0.39, 0.29) is 17.8 Å². The third-order valence-electron chi connectivity index (χ3n) is 3.77. The lowest BCUT2D eigenvalue weighted by molar-refractivity contribution is 0.0918. The summed E-state index contributed by atoms with van der Waals surface area (Å²) in [5.41, 5.74) is 6.62. The van der Waals surface area contributed by atoms with Gasteiger partial charge in [0.25, 0.3) is 5.91 Å². The Morgan fingerprint density at radius 1 is 1.57 bits per heavy atom. The molecule has 0 aliphatic carbocycles. The van der Waals surface area contributed by atoms with Crippen LogP contribution in [0, 0.1) is 0 Å². The van der Waals surface area contributed by atoms with E-state index in [1.165, 1.54) is 11.3 Å². The molecule has 2 heterocycles. The van der Waals surface area contributed by atoms with Crippen LogP contribution in [0.2, 0.25) is 0 Å². The van der Waals surface area contributed by atoms with E-state index in [0.717, 1.165) is 42.8 Å². The summed E-state index contributed by atoms with van der Waals surface area (Å²) in [7, 11) is 0. The van der Waals surface area contributed by atoms with E-state index in [9.17, 15) is 4.79 Å². The average molecular weight is 310 g/mol. The maximum absolute atomic E-state index is 12.3. The van der Waals surface area contributed by atoms with Gasteiger partial charge < -0.3 is 16.3 Å². The lowest BCUT2D eigenvalue weighted by atomic mass is 10.0. The van der Waals surface area contributed by atoms with Gasteiger partial charge in [0.05, 0.1) is 11.4 Å². The molecule has 2 rings (SSSR count). The van der Waals surface area contributed by atoms with Gasteiger partial charge in [0.2, 0.25) is 0 Å². The van der Waals surface area contributed by atoms with Gasteiger partial charge in [-0.15, -0.1) is 11.3 Å². The van der Waals surface area contributed by atoms with Crippen molar-refractivity contribution < 1.29 is 10.0 Å². The number of rotatable bonds is 5. The van der Waals surface area contributed by atoms with Gasteiger partial charge in [0, 0.05) is 19.1 Å². The number of hydrogen-bond acceptors (Lipinski definition) is 5. The molecule has 0 saturated carbocycles. The molecule has 1 amide bonds. The van der Waals surface area contributed by atoms with Crippen LogP contribution in [0.25, 0.3) is 0 Å². The molecule has 1 aliphatic rings. The molecule has 0 unspecified atom stereocenters. The largest absolute Gasteiger partial charge is 0.409 e. The van der Waals surface area contributed by atoms with Crippen LogP contribution in [0.4, 0.5) is 0 Å². The highest BCUT2D eigenvalue weighted by Gasteiger charge is 2.22. The Balaban J connectivity index is 1.82. The molecule has 1 aromatic rings. The van der Waals surface area contributed by atoms with E-state index in [1.807, 2.05) is 11.4 Å². The monoisotopic (exact) mass is 310 g/mol. The molecule has 1 aliphatic heterocycles. The first-order valence-corrected chi connectivity index (χ1v) is 8.08. The second-order valence-electron chi connectivity index (χ2n) is 5.24. The summed E-state index contributed by atoms with van der Waals surface area (Å²) < 4.78 is 0. The van der Waals surface area contributed by atoms with Gasteiger partial charge in [-0.05, 0) is 36.3 Å². The summed E-state index contributed by atoms with van der Waals surface area (Å²) in [6.07, 6.45) is 2.65. The highest BCUT2D eigenvalue weighted by atomic mass is 32.1. The quantitative estimate of drug-likeness (QED) is 0.330. The van der Waals surface area contributed by atoms with E-state index in [0.29, 0.717) is 6.54 Å². The van der Waals surface area contributed by atoms with Crippen LogP contribution in [-0.4, -0.2) is 47.5 Å². The number of carbonyl (C=O) groups excluding carboxylic acids is 1. The molecule has 1 saturated heterocycles. The Morgan fingerprint density at radius 3 is 2.90 bits per heavy atom. The number of likely N-dealkylation sites (tertiary alicyclic amines) is 1. The minimum absolute atomic E-state index is 0.0386. The van der Waals surface area contributed by atoms with Gasteiger partial charge >= 0.3 is 0 Å². The van der Waals surface area contributed by atoms with Gasteiger partial charge in [0.15, 0.2) is 5.84 Å². The number of piperidine rings is 1. The molecular formula is C14H22N4O2S. The summed E-state index contributed by atoms with van der Waals surface area (Å²) in [6, 6.07) is 2.21. The first kappa shape index (κ1) is 15.8. The van der Waals surface area contributed by atoms with Crippen LogP contribution < -0.4 is 11.1 Å². The Hall–Kier alpha value is -1.60. The number of aryl methyl sites for hydroxylation is 1. The molecule has 1 aromatic heterocycles. The molecule has 116 valence electrons. The fourth-order valence-corrected chi connectivity index (χ4v) is 3.46. The molecule has 0 bridgehead atoms. The molecule has 7 heteroatoms. The smallest absolute Gasteiger partial charge is 0.261 e. The highest BCUT2D eigenvalue weighted by molar-refractivity contribution is 7.12. The standard InChI is InChI=1S/C14H22N4O2S/c1-2-10-5-8-21-13(10)14(19)16-11-3-6-18(7-4-11)9-12(15)17-20/h5,8,11,20H,2-4,6-7,9H2,1H3,(H2,15,17)(H,16,19). The summed E-state index contributed by atoms with van der Waals surface area (Å²) >= 11 is 1.50. The fourth-order valence-electron chi connectivity index (χ4n) is 2.56. The number of oxime groups is 1. The van der Waals surface area contributed by atoms with Crippen molar-refractivity contribution in [2.75, 3.05) is 19.6 Å². The Bertz CT molecular complexity index is 507. The molecule has 0 radical (unpaired) electrons. The van der Waals surface area contributed by atoms with Crippen molar-refractivity contribution in [3.63, 3.8) is 0 Å². The molecule has 21 heavy (non-hydrogen) atoms. The summed E-state index contributed by atoms with van der Waals surface area (Å²) in [5.74, 6) is 0.264. The first-order valence-electron chi connectivity index (χ1n) is 7.20. The van der Waals surface area contributed by atoms with Crippen molar-refractivity contribution in [1.82, 2.24) is 10.2 Å². The van der Waals surface area contributed by atoms with Crippen molar-refractivity contribution in [3.8, 4) is 0 Å². The molecule has 1 fully saturated rings. The zero-order chi connectivity index (χ0) is 15.2. The number of carbonyl (C=O) groups is 1. The van der Waals surface area contributed by atoms with Crippen LogP contribution in [0.1, 0.15) is 35.0 Å². The number of nitrogens with zero attached hydrogens (tertiary/aromatic N) is 2. The van der Waals surface area contributed by atoms with Crippen LogP contribution >= 0.6 is 11.3 Å². The normalized spacial score (nSPS) is 17.9. The topological polar surface area (TPSA) is 91.0 Å². The van der Waals surface area contributed by atoms with E-state index in [4.69, 9.17) is 10.9 Å². The average Bonchev–Trinajstić information content (AvgIpc) is 2.97. The Kier molecular flexibility index (Phi) is 5.58. The van der Waals surface area contributed by atoms with E-state index < -0.39 is 0 Å². The Labute approximate surface area is 128 Å². The summed E-state index contributed by atoms with van der Waals surface area (Å²) in [6.45, 7) is 4.21. The maximum atomic E-state index is 12.3. The van der Waals surface area contributed by atoms with Crippen molar-refractivity contribution in [1.29, 1.82) is 0 Å². The molecule has 6 nitrogen and oxygen atoms in total. The number of amidine groups is 1. The summed E-state index contributed by atoms with van der Waals surface area (Å²) in [5, 5.41) is 16.6. The number of nitrogens with one attached hydrogen (secondary N) is 1. The number of thiophene rings is 1. The van der Waals surface area contributed by atoms with Gasteiger partial charge in [-0.1, -0.05) is 12.1 Å². The minimum atomic E-state index is 0.0386. The van der Waals surface area contributed by atoms with Crippen molar-refractivity contribution >= 4 is 23.1 Å². The minimum Gasteiger partial charge on any atom is -0.409 e.